The van der Waals surface area contributed by atoms with Crippen LogP contribution in [0.25, 0.3) is 0 Å². The van der Waals surface area contributed by atoms with E-state index in [0.717, 1.165) is 10.0 Å². The number of nitrogens with one attached hydrogen (secondary N) is 1. The van der Waals surface area contributed by atoms with Crippen LogP contribution >= 0.6 is 15.9 Å². The highest BCUT2D eigenvalue weighted by Gasteiger charge is 2.32. The molecule has 8 heteroatoms. The molecule has 0 aliphatic carbocycles. The molecule has 160 valence electrons. The van der Waals surface area contributed by atoms with E-state index in [1.54, 1.807) is 12.1 Å². The Morgan fingerprint density at radius 2 is 1.73 bits per heavy atom. The second-order valence-electron chi connectivity index (χ2n) is 7.54. The van der Waals surface area contributed by atoms with E-state index < -0.39 is 10.0 Å². The van der Waals surface area contributed by atoms with E-state index in [2.05, 4.69) is 21.2 Å². The number of nitrogens with zero attached hydrogens (tertiary/aromatic N) is 1. The van der Waals surface area contributed by atoms with Gasteiger partial charge in [-0.25, -0.2) is 8.42 Å². The van der Waals surface area contributed by atoms with Crippen LogP contribution in [0.4, 0.5) is 0 Å². The van der Waals surface area contributed by atoms with Gasteiger partial charge in [-0.3, -0.25) is 9.59 Å². The molecule has 1 heterocycles. The lowest BCUT2D eigenvalue weighted by Gasteiger charge is -2.31. The third kappa shape index (κ3) is 5.17. The maximum atomic E-state index is 12.9. The van der Waals surface area contributed by atoms with Crippen LogP contribution in [0.15, 0.2) is 57.9 Å². The number of benzene rings is 2. The average molecular weight is 493 g/mol. The largest absolute Gasteiger partial charge is 0.349 e. The maximum Gasteiger partial charge on any atom is 0.243 e. The van der Waals surface area contributed by atoms with Gasteiger partial charge in [-0.05, 0) is 56.5 Å². The summed E-state index contributed by atoms with van der Waals surface area (Å²) in [5.74, 6) is -0.457. The van der Waals surface area contributed by atoms with E-state index in [0.29, 0.717) is 18.4 Å². The topological polar surface area (TPSA) is 83.6 Å². The van der Waals surface area contributed by atoms with Gasteiger partial charge < -0.3 is 5.32 Å². The molecule has 1 amide bonds. The zero-order valence-electron chi connectivity index (χ0n) is 17.0. The first-order chi connectivity index (χ1) is 14.2. The molecular weight excluding hydrogens is 468 g/mol. The predicted molar refractivity (Wildman–Crippen MR) is 119 cm³/mol. The summed E-state index contributed by atoms with van der Waals surface area (Å²) in [6, 6.07) is 13.7. The SMILES string of the molecule is CC(=O)c1cccc(S(=O)(=O)N2CCC(C(=O)NC(C)c3ccc(Br)cc3)CC2)c1. The molecule has 1 aliphatic heterocycles. The van der Waals surface area contributed by atoms with Crippen molar-refractivity contribution >= 4 is 37.6 Å². The van der Waals surface area contributed by atoms with Crippen LogP contribution in [0.2, 0.25) is 0 Å². The summed E-state index contributed by atoms with van der Waals surface area (Å²) in [6.07, 6.45) is 0.926. The fraction of sp³-hybridized carbons (Fsp3) is 0.364. The van der Waals surface area contributed by atoms with Gasteiger partial charge >= 0.3 is 0 Å². The summed E-state index contributed by atoms with van der Waals surface area (Å²) < 4.78 is 28.3. The first kappa shape index (κ1) is 22.7. The minimum Gasteiger partial charge on any atom is -0.349 e. The molecule has 1 atom stereocenters. The van der Waals surface area contributed by atoms with Crippen molar-refractivity contribution in [3.63, 3.8) is 0 Å². The Morgan fingerprint density at radius 3 is 2.33 bits per heavy atom. The molecule has 0 aromatic heterocycles. The van der Waals surface area contributed by atoms with Crippen molar-refractivity contribution in [1.82, 2.24) is 9.62 Å². The number of sulfonamides is 1. The number of carbonyl (C=O) groups is 2. The minimum absolute atomic E-state index is 0.0546. The van der Waals surface area contributed by atoms with Crippen molar-refractivity contribution in [2.24, 2.45) is 5.92 Å². The second-order valence-corrected chi connectivity index (χ2v) is 10.4. The summed E-state index contributed by atoms with van der Waals surface area (Å²) in [4.78, 5) is 24.4. The van der Waals surface area contributed by atoms with Crippen molar-refractivity contribution in [1.29, 1.82) is 0 Å². The molecule has 2 aromatic carbocycles. The Balaban J connectivity index is 1.61. The molecule has 6 nitrogen and oxygen atoms in total. The van der Waals surface area contributed by atoms with Crippen LogP contribution < -0.4 is 5.32 Å². The standard InChI is InChI=1S/C22H25BrN2O4S/c1-15(17-6-8-20(23)9-7-17)24-22(27)18-10-12-25(13-11-18)30(28,29)21-5-3-4-19(14-21)16(2)26/h3-9,14-15,18H,10-13H2,1-2H3,(H,24,27). The van der Waals surface area contributed by atoms with Gasteiger partial charge in [-0.1, -0.05) is 40.2 Å². The van der Waals surface area contributed by atoms with Crippen molar-refractivity contribution in [3.05, 3.63) is 64.1 Å². The summed E-state index contributed by atoms with van der Waals surface area (Å²) in [5.41, 5.74) is 1.38. The number of Topliss-reactive ketones (excluding diaryl/α,β-unsaturated/α-hetero) is 1. The lowest BCUT2D eigenvalue weighted by Crippen LogP contribution is -2.43. The quantitative estimate of drug-likeness (QED) is 0.619. The molecule has 0 radical (unpaired) electrons. The van der Waals surface area contributed by atoms with Crippen LogP contribution in [0.3, 0.4) is 0 Å². The van der Waals surface area contributed by atoms with Gasteiger partial charge in [0, 0.05) is 29.0 Å². The van der Waals surface area contributed by atoms with Crippen LogP contribution in [0.5, 0.6) is 0 Å². The van der Waals surface area contributed by atoms with E-state index >= 15 is 0 Å². The average Bonchev–Trinajstić information content (AvgIpc) is 2.74. The van der Waals surface area contributed by atoms with Gasteiger partial charge in [-0.15, -0.1) is 0 Å². The monoisotopic (exact) mass is 492 g/mol. The molecule has 30 heavy (non-hydrogen) atoms. The number of ketones is 1. The normalized spacial score (nSPS) is 16.8. The van der Waals surface area contributed by atoms with Gasteiger partial charge in [-0.2, -0.15) is 4.31 Å². The molecule has 1 aliphatic rings. The van der Waals surface area contributed by atoms with E-state index in [1.807, 2.05) is 31.2 Å². The molecule has 3 rings (SSSR count). The molecule has 1 fully saturated rings. The Labute approximate surface area is 185 Å². The zero-order valence-corrected chi connectivity index (χ0v) is 19.4. The van der Waals surface area contributed by atoms with Crippen LogP contribution in [-0.4, -0.2) is 37.5 Å². The van der Waals surface area contributed by atoms with E-state index in [1.165, 1.54) is 23.4 Å². The highest BCUT2D eigenvalue weighted by molar-refractivity contribution is 9.10. The fourth-order valence-electron chi connectivity index (χ4n) is 3.55. The smallest absolute Gasteiger partial charge is 0.243 e. The highest BCUT2D eigenvalue weighted by Crippen LogP contribution is 2.25. The molecule has 0 saturated carbocycles. The van der Waals surface area contributed by atoms with E-state index in [4.69, 9.17) is 0 Å². The molecule has 1 saturated heterocycles. The number of halogens is 1. The van der Waals surface area contributed by atoms with Crippen molar-refractivity contribution in [2.75, 3.05) is 13.1 Å². The first-order valence-corrected chi connectivity index (χ1v) is 12.1. The van der Waals surface area contributed by atoms with Crippen molar-refractivity contribution in [2.45, 2.75) is 37.6 Å². The minimum atomic E-state index is -3.69. The van der Waals surface area contributed by atoms with Gasteiger partial charge in [0.1, 0.15) is 0 Å². The molecule has 0 bridgehead atoms. The van der Waals surface area contributed by atoms with Gasteiger partial charge in [0.15, 0.2) is 5.78 Å². The van der Waals surface area contributed by atoms with Crippen molar-refractivity contribution in [3.8, 4) is 0 Å². The molecule has 1 N–H and O–H groups in total. The lowest BCUT2D eigenvalue weighted by molar-refractivity contribution is -0.126. The Bertz CT molecular complexity index is 1030. The summed E-state index contributed by atoms with van der Waals surface area (Å²) >= 11 is 3.40. The van der Waals surface area contributed by atoms with E-state index in [9.17, 15) is 18.0 Å². The zero-order chi connectivity index (χ0) is 21.9. The number of piperidine rings is 1. The third-order valence-corrected chi connectivity index (χ3v) is 7.86. The molecule has 0 spiro atoms. The highest BCUT2D eigenvalue weighted by atomic mass is 79.9. The van der Waals surface area contributed by atoms with E-state index in [-0.39, 0.29) is 41.6 Å². The number of amides is 1. The third-order valence-electron chi connectivity index (χ3n) is 5.43. The number of hydrogen-bond acceptors (Lipinski definition) is 4. The summed E-state index contributed by atoms with van der Waals surface area (Å²) in [5, 5.41) is 3.03. The molecule has 1 unspecified atom stereocenters. The Kier molecular flexibility index (Phi) is 7.10. The number of hydrogen-bond donors (Lipinski definition) is 1. The van der Waals surface area contributed by atoms with Crippen molar-refractivity contribution < 1.29 is 18.0 Å². The van der Waals surface area contributed by atoms with Crippen LogP contribution in [0, 0.1) is 5.92 Å². The predicted octanol–water partition coefficient (Wildman–Crippen LogP) is 3.93. The maximum absolute atomic E-state index is 12.9. The van der Waals surface area contributed by atoms with Gasteiger partial charge in [0.25, 0.3) is 0 Å². The number of rotatable bonds is 6. The number of carbonyl (C=O) groups excluding carboxylic acids is 2. The molecular formula is C22H25BrN2O4S. The Hall–Kier alpha value is -2.03. The Morgan fingerprint density at radius 1 is 1.10 bits per heavy atom. The first-order valence-electron chi connectivity index (χ1n) is 9.85. The van der Waals surface area contributed by atoms with Gasteiger partial charge in [0.2, 0.25) is 15.9 Å². The second kappa shape index (κ2) is 9.41. The lowest BCUT2D eigenvalue weighted by atomic mass is 9.96. The van der Waals surface area contributed by atoms with Crippen LogP contribution in [0.1, 0.15) is 48.7 Å². The summed E-state index contributed by atoms with van der Waals surface area (Å²) in [7, 11) is -3.69. The summed E-state index contributed by atoms with van der Waals surface area (Å²) in [6.45, 7) is 3.89. The van der Waals surface area contributed by atoms with Gasteiger partial charge in [0.05, 0.1) is 10.9 Å². The van der Waals surface area contributed by atoms with Crippen LogP contribution in [-0.2, 0) is 14.8 Å². The fourth-order valence-corrected chi connectivity index (χ4v) is 5.33. The molecule has 2 aromatic rings.